The molecule has 0 bridgehead atoms. The van der Waals surface area contributed by atoms with Gasteiger partial charge in [-0.05, 0) is 36.6 Å². The summed E-state index contributed by atoms with van der Waals surface area (Å²) in [7, 11) is 0. The number of rotatable bonds is 4. The third-order valence-electron chi connectivity index (χ3n) is 3.70. The number of halogens is 1. The molecule has 0 spiro atoms. The molecule has 0 aromatic carbocycles. The number of aliphatic imine (C=N–C) groups is 1. The van der Waals surface area contributed by atoms with Gasteiger partial charge in [-0.1, -0.05) is 0 Å². The molecule has 0 saturated carbocycles. The van der Waals surface area contributed by atoms with E-state index in [0.29, 0.717) is 6.54 Å². The summed E-state index contributed by atoms with van der Waals surface area (Å²) in [4.78, 5) is 9.46. The molecule has 2 aromatic heterocycles. The van der Waals surface area contributed by atoms with E-state index in [-0.39, 0.29) is 24.0 Å². The van der Waals surface area contributed by atoms with Crippen molar-refractivity contribution < 1.29 is 4.42 Å². The molecular weight excluding hydrogens is 423 g/mol. The molecule has 1 aliphatic rings. The molecule has 5 nitrogen and oxygen atoms in total. The van der Waals surface area contributed by atoms with E-state index in [0.717, 1.165) is 44.4 Å². The number of piperazine rings is 1. The zero-order valence-corrected chi connectivity index (χ0v) is 16.4. The van der Waals surface area contributed by atoms with Gasteiger partial charge in [-0.2, -0.15) is 0 Å². The van der Waals surface area contributed by atoms with Crippen molar-refractivity contribution in [2.75, 3.05) is 37.6 Å². The molecule has 126 valence electrons. The first-order valence-corrected chi connectivity index (χ1v) is 8.59. The van der Waals surface area contributed by atoms with Crippen LogP contribution in [0.25, 0.3) is 0 Å². The molecule has 0 amide bonds. The quantitative estimate of drug-likeness (QED) is 0.445. The number of nitrogens with zero attached hydrogens (tertiary/aromatic N) is 3. The minimum absolute atomic E-state index is 0. The second-order valence-electron chi connectivity index (χ2n) is 5.17. The van der Waals surface area contributed by atoms with Gasteiger partial charge in [0.05, 0.1) is 11.3 Å². The number of hydrogen-bond donors (Lipinski definition) is 1. The van der Waals surface area contributed by atoms with E-state index in [1.165, 1.54) is 5.00 Å². The van der Waals surface area contributed by atoms with E-state index in [1.54, 1.807) is 6.26 Å². The highest BCUT2D eigenvalue weighted by Gasteiger charge is 2.20. The molecular formula is C16H23IN4OS. The topological polar surface area (TPSA) is 44.0 Å². The monoisotopic (exact) mass is 446 g/mol. The average Bonchev–Trinajstić information content (AvgIpc) is 3.25. The lowest BCUT2D eigenvalue weighted by Crippen LogP contribution is -2.52. The van der Waals surface area contributed by atoms with Gasteiger partial charge in [0.2, 0.25) is 0 Å². The maximum atomic E-state index is 5.36. The van der Waals surface area contributed by atoms with Crippen LogP contribution in [0.15, 0.2) is 45.3 Å². The number of furan rings is 1. The molecule has 3 heterocycles. The molecule has 0 aliphatic carbocycles. The first kappa shape index (κ1) is 18.1. The summed E-state index contributed by atoms with van der Waals surface area (Å²) in [5.41, 5.74) is 0. The SMILES string of the molecule is CCNC(=NCc1ccco1)N1CCN(c2cccs2)CC1.I. The third kappa shape index (κ3) is 4.87. The third-order valence-corrected chi connectivity index (χ3v) is 4.63. The molecule has 0 radical (unpaired) electrons. The van der Waals surface area contributed by atoms with Crippen molar-refractivity contribution in [3.05, 3.63) is 41.7 Å². The molecule has 0 unspecified atom stereocenters. The Hall–Kier alpha value is -1.22. The Morgan fingerprint density at radius 1 is 1.26 bits per heavy atom. The van der Waals surface area contributed by atoms with Crippen molar-refractivity contribution in [3.8, 4) is 0 Å². The molecule has 1 aliphatic heterocycles. The average molecular weight is 446 g/mol. The minimum atomic E-state index is 0. The van der Waals surface area contributed by atoms with Crippen LogP contribution in [0.1, 0.15) is 12.7 Å². The first-order valence-electron chi connectivity index (χ1n) is 7.71. The highest BCUT2D eigenvalue weighted by atomic mass is 127. The maximum absolute atomic E-state index is 5.36. The standard InChI is InChI=1S/C16H22N4OS.HI/c1-2-17-16(18-13-14-5-3-11-21-14)20-9-7-19(8-10-20)15-6-4-12-22-15;/h3-6,11-12H,2,7-10,13H2,1H3,(H,17,18);1H. The Balaban J connectivity index is 0.00000192. The molecule has 1 fully saturated rings. The Morgan fingerprint density at radius 3 is 2.70 bits per heavy atom. The zero-order chi connectivity index (χ0) is 15.2. The first-order chi connectivity index (χ1) is 10.9. The van der Waals surface area contributed by atoms with Crippen LogP contribution in [0, 0.1) is 0 Å². The predicted octanol–water partition coefficient (Wildman–Crippen LogP) is 3.25. The van der Waals surface area contributed by atoms with Crippen LogP contribution < -0.4 is 10.2 Å². The van der Waals surface area contributed by atoms with Gasteiger partial charge in [-0.15, -0.1) is 35.3 Å². The smallest absolute Gasteiger partial charge is 0.194 e. The summed E-state index contributed by atoms with van der Waals surface area (Å²) in [5.74, 6) is 1.87. The largest absolute Gasteiger partial charge is 0.467 e. The lowest BCUT2D eigenvalue weighted by molar-refractivity contribution is 0.372. The van der Waals surface area contributed by atoms with Crippen molar-refractivity contribution >= 4 is 46.3 Å². The summed E-state index contributed by atoms with van der Waals surface area (Å²) in [6.45, 7) is 7.61. The van der Waals surface area contributed by atoms with Crippen molar-refractivity contribution in [2.24, 2.45) is 4.99 Å². The van der Waals surface area contributed by atoms with Crippen LogP contribution in [-0.2, 0) is 6.54 Å². The van der Waals surface area contributed by atoms with Crippen LogP contribution >= 0.6 is 35.3 Å². The number of anilines is 1. The second-order valence-corrected chi connectivity index (χ2v) is 6.10. The van der Waals surface area contributed by atoms with E-state index >= 15 is 0 Å². The molecule has 23 heavy (non-hydrogen) atoms. The molecule has 2 aromatic rings. The van der Waals surface area contributed by atoms with E-state index in [4.69, 9.17) is 4.42 Å². The van der Waals surface area contributed by atoms with Crippen molar-refractivity contribution in [2.45, 2.75) is 13.5 Å². The fourth-order valence-electron chi connectivity index (χ4n) is 2.57. The molecule has 1 saturated heterocycles. The van der Waals surface area contributed by atoms with Gasteiger partial charge in [0.15, 0.2) is 5.96 Å². The molecule has 3 rings (SSSR count). The number of nitrogens with one attached hydrogen (secondary N) is 1. The van der Waals surface area contributed by atoms with Crippen molar-refractivity contribution in [1.82, 2.24) is 10.2 Å². The number of hydrogen-bond acceptors (Lipinski definition) is 4. The second kappa shape index (κ2) is 9.17. The molecule has 0 atom stereocenters. The van der Waals surface area contributed by atoms with Gasteiger partial charge in [0.1, 0.15) is 12.3 Å². The zero-order valence-electron chi connectivity index (χ0n) is 13.3. The van der Waals surface area contributed by atoms with Crippen LogP contribution in [0.2, 0.25) is 0 Å². The number of thiophene rings is 1. The van der Waals surface area contributed by atoms with Crippen LogP contribution in [0.3, 0.4) is 0 Å². The lowest BCUT2D eigenvalue weighted by atomic mass is 10.3. The van der Waals surface area contributed by atoms with Gasteiger partial charge in [-0.3, -0.25) is 0 Å². The fraction of sp³-hybridized carbons (Fsp3) is 0.438. The van der Waals surface area contributed by atoms with Gasteiger partial charge >= 0.3 is 0 Å². The minimum Gasteiger partial charge on any atom is -0.467 e. The van der Waals surface area contributed by atoms with Crippen LogP contribution in [0.4, 0.5) is 5.00 Å². The summed E-state index contributed by atoms with van der Waals surface area (Å²) in [5, 5.41) is 6.88. The predicted molar refractivity (Wildman–Crippen MR) is 107 cm³/mol. The van der Waals surface area contributed by atoms with Crippen molar-refractivity contribution in [1.29, 1.82) is 0 Å². The Labute approximate surface area is 158 Å². The van der Waals surface area contributed by atoms with Gasteiger partial charge < -0.3 is 19.5 Å². The maximum Gasteiger partial charge on any atom is 0.194 e. The fourth-order valence-corrected chi connectivity index (χ4v) is 3.35. The van der Waals surface area contributed by atoms with E-state index in [1.807, 2.05) is 23.5 Å². The van der Waals surface area contributed by atoms with Crippen LogP contribution in [-0.4, -0.2) is 43.6 Å². The van der Waals surface area contributed by atoms with E-state index < -0.39 is 0 Å². The summed E-state index contributed by atoms with van der Waals surface area (Å²) in [6.07, 6.45) is 1.69. The van der Waals surface area contributed by atoms with E-state index in [2.05, 4.69) is 44.5 Å². The normalized spacial score (nSPS) is 15.4. The van der Waals surface area contributed by atoms with Gasteiger partial charge in [0.25, 0.3) is 0 Å². The Bertz CT molecular complexity index is 577. The van der Waals surface area contributed by atoms with Gasteiger partial charge in [0, 0.05) is 32.7 Å². The number of guanidine groups is 1. The van der Waals surface area contributed by atoms with Crippen LogP contribution in [0.5, 0.6) is 0 Å². The summed E-state index contributed by atoms with van der Waals surface area (Å²) in [6, 6.07) is 8.16. The Kier molecular flexibility index (Phi) is 7.22. The van der Waals surface area contributed by atoms with E-state index in [9.17, 15) is 0 Å². The highest BCUT2D eigenvalue weighted by Crippen LogP contribution is 2.22. The molecule has 7 heteroatoms. The van der Waals surface area contributed by atoms with Gasteiger partial charge in [-0.25, -0.2) is 4.99 Å². The van der Waals surface area contributed by atoms with Crippen molar-refractivity contribution in [3.63, 3.8) is 0 Å². The summed E-state index contributed by atoms with van der Waals surface area (Å²) >= 11 is 1.81. The lowest BCUT2D eigenvalue weighted by Gasteiger charge is -2.37. The summed E-state index contributed by atoms with van der Waals surface area (Å²) < 4.78 is 5.36. The highest BCUT2D eigenvalue weighted by molar-refractivity contribution is 14.0. The Morgan fingerprint density at radius 2 is 2.09 bits per heavy atom. The molecule has 1 N–H and O–H groups in total.